The Hall–Kier alpha value is -3.48. The number of halogens is 1. The van der Waals surface area contributed by atoms with Gasteiger partial charge in [-0.25, -0.2) is 4.39 Å². The minimum absolute atomic E-state index is 0.00843. The van der Waals surface area contributed by atoms with Gasteiger partial charge in [0.05, 0.1) is 17.1 Å². The molecule has 2 aromatic carbocycles. The fourth-order valence-corrected chi connectivity index (χ4v) is 2.57. The van der Waals surface area contributed by atoms with Gasteiger partial charge in [-0.2, -0.15) is 9.97 Å². The number of hydrogen-bond donors (Lipinski definition) is 1. The first-order chi connectivity index (χ1) is 13.4. The molecular formula is C21H20FN3O3. The number of aryl methyl sites for hydroxylation is 3. The lowest BCUT2D eigenvalue weighted by Gasteiger charge is -2.13. The first kappa shape index (κ1) is 19.3. The Morgan fingerprint density at radius 2 is 1.75 bits per heavy atom. The summed E-state index contributed by atoms with van der Waals surface area (Å²) in [6, 6.07) is 13.4. The third kappa shape index (κ3) is 4.82. The average molecular weight is 381 g/mol. The molecule has 3 aromatic rings. The van der Waals surface area contributed by atoms with E-state index < -0.39 is 5.82 Å². The highest BCUT2D eigenvalue weighted by Gasteiger charge is 2.14. The number of benzene rings is 2. The van der Waals surface area contributed by atoms with E-state index in [1.807, 2.05) is 25.1 Å². The molecule has 0 fully saturated rings. The summed E-state index contributed by atoms with van der Waals surface area (Å²) in [6.45, 7) is 5.22. The number of ether oxygens (including phenoxy) is 2. The van der Waals surface area contributed by atoms with E-state index in [1.165, 1.54) is 12.1 Å². The van der Waals surface area contributed by atoms with E-state index in [0.717, 1.165) is 5.56 Å². The maximum Gasteiger partial charge on any atom is 0.322 e. The summed E-state index contributed by atoms with van der Waals surface area (Å²) in [6.07, 6.45) is 0. The maximum absolute atomic E-state index is 13.7. The third-order valence-electron chi connectivity index (χ3n) is 3.91. The summed E-state index contributed by atoms with van der Waals surface area (Å²) < 4.78 is 24.6. The van der Waals surface area contributed by atoms with Crippen molar-refractivity contribution in [3.8, 4) is 17.5 Å². The number of carbonyl (C=O) groups excluding carboxylic acids is 1. The monoisotopic (exact) mass is 381 g/mol. The largest absolute Gasteiger partial charge is 0.484 e. The van der Waals surface area contributed by atoms with Crippen LogP contribution in [0, 0.1) is 26.6 Å². The topological polar surface area (TPSA) is 73.3 Å². The van der Waals surface area contributed by atoms with Gasteiger partial charge in [-0.1, -0.05) is 24.3 Å². The van der Waals surface area contributed by atoms with Gasteiger partial charge in [-0.15, -0.1) is 0 Å². The zero-order valence-electron chi connectivity index (χ0n) is 15.8. The molecule has 28 heavy (non-hydrogen) atoms. The number of anilines is 1. The van der Waals surface area contributed by atoms with Gasteiger partial charge >= 0.3 is 6.01 Å². The summed E-state index contributed by atoms with van der Waals surface area (Å²) in [4.78, 5) is 20.6. The van der Waals surface area contributed by atoms with Crippen molar-refractivity contribution in [3.63, 3.8) is 0 Å². The first-order valence-corrected chi connectivity index (χ1v) is 8.69. The predicted octanol–water partition coefficient (Wildman–Crippen LogP) is 4.35. The van der Waals surface area contributed by atoms with Crippen LogP contribution in [0.15, 0.2) is 48.5 Å². The number of nitrogens with zero attached hydrogens (tertiary/aromatic N) is 2. The zero-order chi connectivity index (χ0) is 20.1. The molecule has 0 radical (unpaired) electrons. The Kier molecular flexibility index (Phi) is 5.84. The first-order valence-electron chi connectivity index (χ1n) is 8.69. The van der Waals surface area contributed by atoms with Crippen LogP contribution >= 0.6 is 0 Å². The van der Waals surface area contributed by atoms with Crippen LogP contribution in [0.1, 0.15) is 17.0 Å². The maximum atomic E-state index is 13.7. The van der Waals surface area contributed by atoms with E-state index in [2.05, 4.69) is 15.3 Å². The van der Waals surface area contributed by atoms with Crippen molar-refractivity contribution in [2.75, 3.05) is 11.9 Å². The van der Waals surface area contributed by atoms with Crippen LogP contribution in [-0.4, -0.2) is 22.5 Å². The Balaban J connectivity index is 1.67. The molecule has 0 aliphatic carbocycles. The van der Waals surface area contributed by atoms with E-state index in [1.54, 1.807) is 32.0 Å². The minimum atomic E-state index is -0.507. The second-order valence-electron chi connectivity index (χ2n) is 6.24. The molecule has 0 unspecified atom stereocenters. The quantitative estimate of drug-likeness (QED) is 0.687. The van der Waals surface area contributed by atoms with Crippen LogP contribution in [0.5, 0.6) is 17.5 Å². The summed E-state index contributed by atoms with van der Waals surface area (Å²) in [5, 5.41) is 2.75. The molecule has 0 saturated carbocycles. The van der Waals surface area contributed by atoms with Crippen molar-refractivity contribution < 1.29 is 18.7 Å². The van der Waals surface area contributed by atoms with E-state index in [4.69, 9.17) is 9.47 Å². The highest BCUT2D eigenvalue weighted by atomic mass is 19.1. The summed E-state index contributed by atoms with van der Waals surface area (Å²) in [7, 11) is 0. The van der Waals surface area contributed by atoms with Gasteiger partial charge in [-0.05, 0) is 50.6 Å². The van der Waals surface area contributed by atoms with Crippen molar-refractivity contribution in [1.29, 1.82) is 0 Å². The van der Waals surface area contributed by atoms with Crippen LogP contribution < -0.4 is 14.8 Å². The second-order valence-corrected chi connectivity index (χ2v) is 6.24. The molecule has 6 nitrogen and oxygen atoms in total. The van der Waals surface area contributed by atoms with E-state index in [0.29, 0.717) is 22.8 Å². The van der Waals surface area contributed by atoms with Crippen molar-refractivity contribution in [2.24, 2.45) is 0 Å². The van der Waals surface area contributed by atoms with E-state index in [9.17, 15) is 9.18 Å². The fourth-order valence-electron chi connectivity index (χ4n) is 2.57. The normalized spacial score (nSPS) is 10.4. The van der Waals surface area contributed by atoms with Gasteiger partial charge in [-0.3, -0.25) is 4.79 Å². The van der Waals surface area contributed by atoms with Crippen LogP contribution in [-0.2, 0) is 4.79 Å². The molecule has 0 aliphatic rings. The van der Waals surface area contributed by atoms with Gasteiger partial charge in [0.15, 0.2) is 18.2 Å². The van der Waals surface area contributed by atoms with Gasteiger partial charge < -0.3 is 14.8 Å². The Morgan fingerprint density at radius 1 is 1.04 bits per heavy atom. The Morgan fingerprint density at radius 3 is 2.43 bits per heavy atom. The highest BCUT2D eigenvalue weighted by molar-refractivity contribution is 5.92. The van der Waals surface area contributed by atoms with Crippen molar-refractivity contribution in [1.82, 2.24) is 9.97 Å². The number of para-hydroxylation sites is 1. The SMILES string of the molecule is Cc1cccc(OCC(=O)Nc2c(C)nc(Oc3ccccc3F)nc2C)c1. The third-order valence-corrected chi connectivity index (χ3v) is 3.91. The molecular weight excluding hydrogens is 361 g/mol. The van der Waals surface area contributed by atoms with Crippen LogP contribution in [0.4, 0.5) is 10.1 Å². The summed E-state index contributed by atoms with van der Waals surface area (Å²) in [5.41, 5.74) is 2.52. The molecule has 3 rings (SSSR count). The van der Waals surface area contributed by atoms with E-state index in [-0.39, 0.29) is 24.3 Å². The Bertz CT molecular complexity index is 985. The predicted molar refractivity (Wildman–Crippen MR) is 103 cm³/mol. The zero-order valence-corrected chi connectivity index (χ0v) is 15.8. The van der Waals surface area contributed by atoms with Gasteiger partial charge in [0.25, 0.3) is 5.91 Å². The number of hydrogen-bond acceptors (Lipinski definition) is 5. The number of amides is 1. The van der Waals surface area contributed by atoms with Gasteiger partial charge in [0, 0.05) is 0 Å². The number of carbonyl (C=O) groups is 1. The number of aromatic nitrogens is 2. The molecule has 1 heterocycles. The molecule has 144 valence electrons. The lowest BCUT2D eigenvalue weighted by molar-refractivity contribution is -0.118. The molecule has 1 N–H and O–H groups in total. The van der Waals surface area contributed by atoms with Crippen molar-refractivity contribution >= 4 is 11.6 Å². The molecule has 7 heteroatoms. The fraction of sp³-hybridized carbons (Fsp3) is 0.190. The lowest BCUT2D eigenvalue weighted by atomic mass is 10.2. The van der Waals surface area contributed by atoms with Crippen LogP contribution in [0.25, 0.3) is 0 Å². The number of nitrogens with one attached hydrogen (secondary N) is 1. The molecule has 0 atom stereocenters. The van der Waals surface area contributed by atoms with Gasteiger partial charge in [0.1, 0.15) is 5.75 Å². The van der Waals surface area contributed by atoms with Crippen LogP contribution in [0.3, 0.4) is 0 Å². The van der Waals surface area contributed by atoms with Crippen LogP contribution in [0.2, 0.25) is 0 Å². The highest BCUT2D eigenvalue weighted by Crippen LogP contribution is 2.25. The molecule has 0 bridgehead atoms. The number of rotatable bonds is 6. The summed E-state index contributed by atoms with van der Waals surface area (Å²) >= 11 is 0. The van der Waals surface area contributed by atoms with E-state index >= 15 is 0 Å². The summed E-state index contributed by atoms with van der Waals surface area (Å²) in [5.74, 6) is -0.190. The van der Waals surface area contributed by atoms with Crippen molar-refractivity contribution in [3.05, 3.63) is 71.3 Å². The minimum Gasteiger partial charge on any atom is -0.484 e. The van der Waals surface area contributed by atoms with Gasteiger partial charge in [0.2, 0.25) is 0 Å². The molecule has 1 aromatic heterocycles. The standard InChI is InChI=1S/C21H20FN3O3/c1-13-7-6-8-16(11-13)27-12-19(26)25-20-14(2)23-21(24-15(20)3)28-18-10-5-4-9-17(18)22/h4-11H,12H2,1-3H3,(H,25,26). The molecule has 0 spiro atoms. The lowest BCUT2D eigenvalue weighted by Crippen LogP contribution is -2.22. The smallest absolute Gasteiger partial charge is 0.322 e. The molecule has 1 amide bonds. The Labute approximate surface area is 162 Å². The average Bonchev–Trinajstić information content (AvgIpc) is 2.65. The molecule has 0 saturated heterocycles. The van der Waals surface area contributed by atoms with Crippen molar-refractivity contribution in [2.45, 2.75) is 20.8 Å². The molecule has 0 aliphatic heterocycles. The second kappa shape index (κ2) is 8.47.